The summed E-state index contributed by atoms with van der Waals surface area (Å²) in [5.74, 6) is -1.59. The largest absolute Gasteiger partial charge is 0.446 e. The van der Waals surface area contributed by atoms with E-state index in [0.29, 0.717) is 36.2 Å². The van der Waals surface area contributed by atoms with Gasteiger partial charge in [0.2, 0.25) is 0 Å². The molecule has 3 heterocycles. The Labute approximate surface area is 220 Å². The summed E-state index contributed by atoms with van der Waals surface area (Å²) in [5, 5.41) is 13.1. The molecule has 3 saturated heterocycles. The number of carbonyl (C=O) groups excluding carboxylic acids is 2. The number of nitrogens with one attached hydrogen (secondary N) is 1. The maximum atomic E-state index is 13.8. The lowest BCUT2D eigenvalue weighted by Gasteiger charge is -2.37. The lowest BCUT2D eigenvalue weighted by molar-refractivity contribution is 0.126. The number of imide groups is 1. The first-order valence-corrected chi connectivity index (χ1v) is 13.1. The average molecular weight is 524 g/mol. The minimum Gasteiger partial charge on any atom is -0.446 e. The molecule has 0 saturated carbocycles. The third-order valence-corrected chi connectivity index (χ3v) is 7.85. The van der Waals surface area contributed by atoms with Crippen molar-refractivity contribution >= 4 is 17.8 Å². The number of hydrogen-bond acceptors (Lipinski definition) is 6. The molecule has 3 aliphatic rings. The molecule has 200 valence electrons. The Hall–Kier alpha value is -3.71. The van der Waals surface area contributed by atoms with Crippen molar-refractivity contribution in [2.75, 3.05) is 44.2 Å². The van der Waals surface area contributed by atoms with E-state index in [1.165, 1.54) is 6.07 Å². The summed E-state index contributed by atoms with van der Waals surface area (Å²) in [6, 6.07) is 12.5. The minimum absolute atomic E-state index is 0.0864. The minimum atomic E-state index is -1.03. The van der Waals surface area contributed by atoms with E-state index in [1.54, 1.807) is 4.90 Å². The molecule has 2 aromatic rings. The van der Waals surface area contributed by atoms with E-state index in [1.807, 2.05) is 24.3 Å². The number of rotatable bonds is 5. The third kappa shape index (κ3) is 5.43. The van der Waals surface area contributed by atoms with Crippen LogP contribution < -0.4 is 10.2 Å². The monoisotopic (exact) mass is 523 g/mol. The normalized spacial score (nSPS) is 20.9. The number of anilines is 1. The van der Waals surface area contributed by atoms with Crippen molar-refractivity contribution in [1.82, 2.24) is 15.1 Å². The molecule has 0 radical (unpaired) electrons. The van der Waals surface area contributed by atoms with Crippen LogP contribution in [-0.2, 0) is 4.74 Å². The fraction of sp³-hybridized carbons (Fsp3) is 0.464. The van der Waals surface area contributed by atoms with E-state index in [-0.39, 0.29) is 6.61 Å². The number of piperidine rings is 2. The quantitative estimate of drug-likeness (QED) is 0.624. The van der Waals surface area contributed by atoms with E-state index in [0.717, 1.165) is 68.0 Å². The first-order valence-electron chi connectivity index (χ1n) is 13.1. The van der Waals surface area contributed by atoms with Crippen LogP contribution in [0.3, 0.4) is 0 Å². The lowest BCUT2D eigenvalue weighted by Crippen LogP contribution is -2.49. The van der Waals surface area contributed by atoms with Gasteiger partial charge >= 0.3 is 12.1 Å². The Morgan fingerprint density at radius 3 is 2.47 bits per heavy atom. The van der Waals surface area contributed by atoms with E-state index >= 15 is 0 Å². The summed E-state index contributed by atoms with van der Waals surface area (Å²) in [5.41, 5.74) is 2.03. The molecule has 0 spiro atoms. The molecule has 1 N–H and O–H groups in total. The van der Waals surface area contributed by atoms with E-state index in [4.69, 9.17) is 4.74 Å². The topological polar surface area (TPSA) is 88.9 Å². The number of nitriles is 1. The fourth-order valence-electron chi connectivity index (χ4n) is 5.58. The van der Waals surface area contributed by atoms with Crippen molar-refractivity contribution in [2.45, 2.75) is 37.8 Å². The SMILES string of the molecule is N#Cc1ccccc1N1CCC(NCC2CCN(C(=O)N3C(=O)OC[C@@H]3c3ccc(F)c(F)c3)CC2)CC1. The summed E-state index contributed by atoms with van der Waals surface area (Å²) in [6.07, 6.45) is 2.86. The Bertz CT molecular complexity index is 1220. The smallest absolute Gasteiger partial charge is 0.418 e. The van der Waals surface area contributed by atoms with Gasteiger partial charge in [-0.3, -0.25) is 0 Å². The molecule has 2 aromatic carbocycles. The Kier molecular flexibility index (Phi) is 7.74. The predicted octanol–water partition coefficient (Wildman–Crippen LogP) is 4.42. The molecular formula is C28H31F2N5O3. The van der Waals surface area contributed by atoms with Gasteiger partial charge in [-0.05, 0) is 68.0 Å². The zero-order valence-electron chi connectivity index (χ0n) is 21.1. The van der Waals surface area contributed by atoms with Crippen LogP contribution >= 0.6 is 0 Å². The molecule has 0 bridgehead atoms. The highest BCUT2D eigenvalue weighted by molar-refractivity contribution is 5.92. The predicted molar refractivity (Wildman–Crippen MR) is 136 cm³/mol. The standard InChI is InChI=1S/C28H31F2N5O3/c29-23-6-5-20(15-24(23)30)26-18-38-28(37)35(26)27(36)34-11-7-19(8-12-34)17-32-22-9-13-33(14-10-22)25-4-2-1-3-21(25)16-31/h1-6,15,19,22,26,32H,7-14,17-18H2/t26-/m1/s1. The number of urea groups is 1. The number of ether oxygens (including phenoxy) is 1. The second-order valence-corrected chi connectivity index (χ2v) is 10.1. The van der Waals surface area contributed by atoms with Gasteiger partial charge in [-0.15, -0.1) is 0 Å². The van der Waals surface area contributed by atoms with Crippen molar-refractivity contribution < 1.29 is 23.1 Å². The van der Waals surface area contributed by atoms with Crippen LogP contribution in [0.5, 0.6) is 0 Å². The van der Waals surface area contributed by atoms with Crippen LogP contribution in [-0.4, -0.2) is 67.3 Å². The zero-order valence-corrected chi connectivity index (χ0v) is 21.1. The number of para-hydroxylation sites is 1. The van der Waals surface area contributed by atoms with Gasteiger partial charge in [-0.1, -0.05) is 18.2 Å². The first kappa shape index (κ1) is 25.9. The highest BCUT2D eigenvalue weighted by Gasteiger charge is 2.42. The Morgan fingerprint density at radius 2 is 1.76 bits per heavy atom. The van der Waals surface area contributed by atoms with Gasteiger partial charge in [0.25, 0.3) is 0 Å². The lowest BCUT2D eigenvalue weighted by atomic mass is 9.95. The number of hydrogen-bond donors (Lipinski definition) is 1. The molecule has 10 heteroatoms. The van der Waals surface area contributed by atoms with Crippen molar-refractivity contribution in [1.29, 1.82) is 5.26 Å². The summed E-state index contributed by atoms with van der Waals surface area (Å²) in [6.45, 7) is 3.61. The molecular weight excluding hydrogens is 492 g/mol. The zero-order chi connectivity index (χ0) is 26.6. The van der Waals surface area contributed by atoms with Gasteiger partial charge < -0.3 is 19.9 Å². The van der Waals surface area contributed by atoms with Crippen molar-refractivity contribution in [3.8, 4) is 6.07 Å². The van der Waals surface area contributed by atoms with Crippen LogP contribution in [0.15, 0.2) is 42.5 Å². The molecule has 3 amide bonds. The van der Waals surface area contributed by atoms with Crippen LogP contribution in [0.1, 0.15) is 42.9 Å². The van der Waals surface area contributed by atoms with Gasteiger partial charge in [0, 0.05) is 32.2 Å². The molecule has 8 nitrogen and oxygen atoms in total. The number of carbonyl (C=O) groups is 2. The summed E-state index contributed by atoms with van der Waals surface area (Å²) in [4.78, 5) is 30.5. The van der Waals surface area contributed by atoms with Crippen LogP contribution in [0.4, 0.5) is 24.1 Å². The van der Waals surface area contributed by atoms with Gasteiger partial charge in [0.05, 0.1) is 11.3 Å². The highest BCUT2D eigenvalue weighted by Crippen LogP contribution is 2.31. The molecule has 0 aliphatic carbocycles. The molecule has 5 rings (SSSR count). The molecule has 38 heavy (non-hydrogen) atoms. The van der Waals surface area contributed by atoms with Crippen LogP contribution in [0, 0.1) is 28.9 Å². The first-order chi connectivity index (χ1) is 18.4. The number of likely N-dealkylation sites (tertiary alicyclic amines) is 1. The van der Waals surface area contributed by atoms with Gasteiger partial charge in [0.15, 0.2) is 11.6 Å². The molecule has 3 fully saturated rings. The number of nitrogens with zero attached hydrogens (tertiary/aromatic N) is 4. The van der Waals surface area contributed by atoms with E-state index < -0.39 is 29.8 Å². The summed E-state index contributed by atoms with van der Waals surface area (Å²) in [7, 11) is 0. The second kappa shape index (κ2) is 11.4. The van der Waals surface area contributed by atoms with Gasteiger partial charge in [0.1, 0.15) is 18.7 Å². The molecule has 3 aliphatic heterocycles. The molecule has 0 unspecified atom stereocenters. The average Bonchev–Trinajstić information content (AvgIpc) is 3.34. The number of amides is 3. The number of halogens is 2. The second-order valence-electron chi connectivity index (χ2n) is 10.1. The van der Waals surface area contributed by atoms with Crippen LogP contribution in [0.25, 0.3) is 0 Å². The Morgan fingerprint density at radius 1 is 1.03 bits per heavy atom. The summed E-state index contributed by atoms with van der Waals surface area (Å²) < 4.78 is 32.2. The van der Waals surface area contributed by atoms with Crippen LogP contribution in [0.2, 0.25) is 0 Å². The number of cyclic esters (lactones) is 1. The van der Waals surface area contributed by atoms with E-state index in [2.05, 4.69) is 16.3 Å². The number of benzene rings is 2. The maximum Gasteiger partial charge on any atom is 0.418 e. The van der Waals surface area contributed by atoms with E-state index in [9.17, 15) is 23.6 Å². The molecule has 0 aromatic heterocycles. The van der Waals surface area contributed by atoms with Gasteiger partial charge in [-0.25, -0.2) is 23.3 Å². The van der Waals surface area contributed by atoms with Gasteiger partial charge in [-0.2, -0.15) is 5.26 Å². The van der Waals surface area contributed by atoms with Crippen molar-refractivity contribution in [3.63, 3.8) is 0 Å². The Balaban J connectivity index is 1.09. The van der Waals surface area contributed by atoms with Crippen molar-refractivity contribution in [2.24, 2.45) is 5.92 Å². The molecule has 1 atom stereocenters. The highest BCUT2D eigenvalue weighted by atomic mass is 19.2. The fourth-order valence-corrected chi connectivity index (χ4v) is 5.58. The summed E-state index contributed by atoms with van der Waals surface area (Å²) >= 11 is 0. The van der Waals surface area contributed by atoms with Crippen molar-refractivity contribution in [3.05, 3.63) is 65.2 Å². The maximum absolute atomic E-state index is 13.8. The third-order valence-electron chi connectivity index (χ3n) is 7.85.